The second-order valence-electron chi connectivity index (χ2n) is 6.45. The van der Waals surface area contributed by atoms with E-state index in [1.807, 2.05) is 6.92 Å². The van der Waals surface area contributed by atoms with Crippen molar-refractivity contribution in [2.45, 2.75) is 64.4 Å². The Balaban J connectivity index is 2.08. The number of rotatable bonds is 4. The molecule has 1 aromatic heterocycles. The molecule has 0 radical (unpaired) electrons. The molecule has 138 valence electrons. The summed E-state index contributed by atoms with van der Waals surface area (Å²) in [6.45, 7) is 7.23. The maximum atomic E-state index is 12.4. The van der Waals surface area contributed by atoms with E-state index in [9.17, 15) is 14.4 Å². The fourth-order valence-electron chi connectivity index (χ4n) is 3.32. The minimum atomic E-state index is -0.902. The lowest BCUT2D eigenvalue weighted by molar-refractivity contribution is -0.197. The number of ether oxygens (including phenoxy) is 4. The third-order valence-electron chi connectivity index (χ3n) is 4.24. The highest BCUT2D eigenvalue weighted by Crippen LogP contribution is 2.43. The molecule has 1 aromatic rings. The highest BCUT2D eigenvalue weighted by molar-refractivity contribution is 5.87. The first kappa shape index (κ1) is 17.8. The van der Waals surface area contributed by atoms with Gasteiger partial charge in [-0.3, -0.25) is 14.3 Å². The average molecular weight is 354 g/mol. The molecule has 2 fully saturated rings. The summed E-state index contributed by atoms with van der Waals surface area (Å²) in [5.41, 5.74) is -1.62. The molecule has 0 saturated carbocycles. The summed E-state index contributed by atoms with van der Waals surface area (Å²) in [5.74, 6) is -1.61. The van der Waals surface area contributed by atoms with Gasteiger partial charge in [0.15, 0.2) is 12.0 Å². The van der Waals surface area contributed by atoms with E-state index in [0.29, 0.717) is 6.42 Å². The zero-order valence-electron chi connectivity index (χ0n) is 14.6. The molecule has 2 saturated heterocycles. The van der Waals surface area contributed by atoms with Gasteiger partial charge in [0.25, 0.3) is 5.56 Å². The van der Waals surface area contributed by atoms with Crippen molar-refractivity contribution >= 4 is 5.97 Å². The summed E-state index contributed by atoms with van der Waals surface area (Å²) < 4.78 is 23.8. The molecule has 0 bridgehead atoms. The van der Waals surface area contributed by atoms with E-state index in [1.54, 1.807) is 20.8 Å². The van der Waals surface area contributed by atoms with Crippen LogP contribution in [0.15, 0.2) is 15.7 Å². The first-order chi connectivity index (χ1) is 11.8. The van der Waals surface area contributed by atoms with Gasteiger partial charge in [-0.05, 0) is 27.2 Å². The first-order valence-electron chi connectivity index (χ1n) is 8.31. The predicted molar refractivity (Wildman–Crippen MR) is 85.3 cm³/mol. The number of aromatic amines is 1. The number of esters is 1. The van der Waals surface area contributed by atoms with Crippen molar-refractivity contribution in [1.29, 1.82) is 0 Å². The Hall–Kier alpha value is -1.97. The SMILES string of the molecule is CCOC(=O)c1cc(=O)[nH]c(=O)n1[C@@H]1O[C@H](CC)[C@@H]2OC(C)(C)OC21. The van der Waals surface area contributed by atoms with Crippen LogP contribution >= 0.6 is 0 Å². The van der Waals surface area contributed by atoms with Crippen molar-refractivity contribution in [3.05, 3.63) is 32.6 Å². The van der Waals surface area contributed by atoms with E-state index in [4.69, 9.17) is 18.9 Å². The smallest absolute Gasteiger partial charge is 0.355 e. The van der Waals surface area contributed by atoms with Crippen LogP contribution in [0.4, 0.5) is 0 Å². The van der Waals surface area contributed by atoms with E-state index in [1.165, 1.54) is 0 Å². The molecule has 1 N–H and O–H groups in total. The topological polar surface area (TPSA) is 109 Å². The van der Waals surface area contributed by atoms with E-state index >= 15 is 0 Å². The second-order valence-corrected chi connectivity index (χ2v) is 6.45. The van der Waals surface area contributed by atoms with Gasteiger partial charge in [-0.15, -0.1) is 0 Å². The van der Waals surface area contributed by atoms with Crippen molar-refractivity contribution in [2.24, 2.45) is 0 Å². The lowest BCUT2D eigenvalue weighted by atomic mass is 10.1. The summed E-state index contributed by atoms with van der Waals surface area (Å²) in [6.07, 6.45) is -1.52. The van der Waals surface area contributed by atoms with Crippen molar-refractivity contribution in [1.82, 2.24) is 9.55 Å². The Morgan fingerprint density at radius 1 is 1.28 bits per heavy atom. The summed E-state index contributed by atoms with van der Waals surface area (Å²) in [7, 11) is 0. The number of carbonyl (C=O) groups is 1. The van der Waals surface area contributed by atoms with Gasteiger partial charge in [0.1, 0.15) is 17.9 Å². The Morgan fingerprint density at radius 3 is 2.60 bits per heavy atom. The van der Waals surface area contributed by atoms with Crippen molar-refractivity contribution in [2.75, 3.05) is 6.61 Å². The Bertz CT molecular complexity index is 781. The van der Waals surface area contributed by atoms with E-state index in [-0.39, 0.29) is 24.5 Å². The molecule has 3 heterocycles. The van der Waals surface area contributed by atoms with Gasteiger partial charge in [-0.2, -0.15) is 0 Å². The summed E-state index contributed by atoms with van der Waals surface area (Å²) in [5, 5.41) is 0. The third kappa shape index (κ3) is 3.14. The van der Waals surface area contributed by atoms with E-state index in [2.05, 4.69) is 4.98 Å². The normalized spacial score (nSPS) is 30.2. The van der Waals surface area contributed by atoms with Gasteiger partial charge < -0.3 is 18.9 Å². The minimum absolute atomic E-state index is 0.113. The molecule has 9 heteroatoms. The predicted octanol–water partition coefficient (Wildman–Crippen LogP) is 0.541. The van der Waals surface area contributed by atoms with Crippen LogP contribution in [0, 0.1) is 0 Å². The number of fused-ring (bicyclic) bond motifs is 1. The first-order valence-corrected chi connectivity index (χ1v) is 8.31. The molecule has 9 nitrogen and oxygen atoms in total. The monoisotopic (exact) mass is 354 g/mol. The highest BCUT2D eigenvalue weighted by Gasteiger charge is 2.56. The quantitative estimate of drug-likeness (QED) is 0.786. The molecule has 2 aliphatic rings. The van der Waals surface area contributed by atoms with E-state index in [0.717, 1.165) is 10.6 Å². The number of carbonyl (C=O) groups excluding carboxylic acids is 1. The summed E-state index contributed by atoms with van der Waals surface area (Å²) >= 11 is 0. The number of hydrogen-bond donors (Lipinski definition) is 1. The van der Waals surface area contributed by atoms with Crippen LogP contribution in [0.1, 0.15) is 50.8 Å². The maximum Gasteiger partial charge on any atom is 0.355 e. The average Bonchev–Trinajstić information content (AvgIpc) is 3.00. The number of hydrogen-bond acceptors (Lipinski definition) is 7. The summed E-state index contributed by atoms with van der Waals surface area (Å²) in [6, 6.07) is 1.03. The number of nitrogens with zero attached hydrogens (tertiary/aromatic N) is 1. The third-order valence-corrected chi connectivity index (χ3v) is 4.24. The molecule has 3 rings (SSSR count). The van der Waals surface area contributed by atoms with Gasteiger partial charge >= 0.3 is 11.7 Å². The second kappa shape index (κ2) is 6.40. The van der Waals surface area contributed by atoms with Crippen molar-refractivity contribution in [3.63, 3.8) is 0 Å². The van der Waals surface area contributed by atoms with Crippen molar-refractivity contribution < 1.29 is 23.7 Å². The zero-order chi connectivity index (χ0) is 18.4. The fourth-order valence-corrected chi connectivity index (χ4v) is 3.32. The number of nitrogens with one attached hydrogen (secondary N) is 1. The zero-order valence-corrected chi connectivity index (χ0v) is 14.6. The molecule has 4 atom stereocenters. The van der Waals surface area contributed by atoms with Gasteiger partial charge in [-0.1, -0.05) is 6.92 Å². The molecule has 0 aromatic carbocycles. The van der Waals surface area contributed by atoms with Crippen LogP contribution in [0.2, 0.25) is 0 Å². The largest absolute Gasteiger partial charge is 0.461 e. The van der Waals surface area contributed by atoms with Crippen LogP contribution in [-0.4, -0.2) is 46.2 Å². The van der Waals surface area contributed by atoms with Gasteiger partial charge in [0, 0.05) is 6.07 Å². The van der Waals surface area contributed by atoms with Crippen LogP contribution in [0.25, 0.3) is 0 Å². The molecular weight excluding hydrogens is 332 g/mol. The number of aromatic nitrogens is 2. The molecule has 0 amide bonds. The fraction of sp³-hybridized carbons (Fsp3) is 0.688. The van der Waals surface area contributed by atoms with Crippen LogP contribution in [0.3, 0.4) is 0 Å². The van der Waals surface area contributed by atoms with Crippen LogP contribution < -0.4 is 11.2 Å². The number of H-pyrrole nitrogens is 1. The maximum absolute atomic E-state index is 12.4. The molecule has 25 heavy (non-hydrogen) atoms. The van der Waals surface area contributed by atoms with Crippen molar-refractivity contribution in [3.8, 4) is 0 Å². The Labute approximate surface area is 143 Å². The molecule has 1 unspecified atom stereocenters. The minimum Gasteiger partial charge on any atom is -0.461 e. The Morgan fingerprint density at radius 2 is 1.96 bits per heavy atom. The molecule has 0 spiro atoms. The standard InChI is InChI=1S/C16H22N2O7/c1-5-9-11-12(25-16(3,4)24-11)13(23-9)18-8(14(20)22-6-2)7-10(19)17-15(18)21/h7,9,11-13H,5-6H2,1-4H3,(H,17,19,21)/t9-,11+,12?,13-/m1/s1. The van der Waals surface area contributed by atoms with Crippen LogP contribution in [0.5, 0.6) is 0 Å². The van der Waals surface area contributed by atoms with Gasteiger partial charge in [-0.25, -0.2) is 9.59 Å². The molecule has 0 aliphatic carbocycles. The van der Waals surface area contributed by atoms with Crippen LogP contribution in [-0.2, 0) is 18.9 Å². The van der Waals surface area contributed by atoms with Gasteiger partial charge in [0.2, 0.25) is 0 Å². The van der Waals surface area contributed by atoms with E-state index < -0.39 is 35.3 Å². The lowest BCUT2D eigenvalue weighted by Gasteiger charge is -2.25. The Kier molecular flexibility index (Phi) is 4.56. The lowest BCUT2D eigenvalue weighted by Crippen LogP contribution is -2.41. The molecule has 2 aliphatic heterocycles. The highest BCUT2D eigenvalue weighted by atomic mass is 16.8. The van der Waals surface area contributed by atoms with Gasteiger partial charge in [0.05, 0.1) is 12.7 Å². The molecular formula is C16H22N2O7. The summed E-state index contributed by atoms with van der Waals surface area (Å²) in [4.78, 5) is 38.5.